The summed E-state index contributed by atoms with van der Waals surface area (Å²) in [4.78, 5) is 12.2. The van der Waals surface area contributed by atoms with Crippen molar-refractivity contribution in [2.75, 3.05) is 0 Å². The van der Waals surface area contributed by atoms with Crippen LogP contribution in [-0.2, 0) is 0 Å². The number of benzene rings is 2. The number of ether oxygens (including phenoxy) is 1. The Hall–Kier alpha value is -2.69. The third kappa shape index (κ3) is 2.16. The lowest BCUT2D eigenvalue weighted by Crippen LogP contribution is -2.20. The molecule has 0 radical (unpaired) electrons. The van der Waals surface area contributed by atoms with E-state index in [0.29, 0.717) is 0 Å². The summed E-state index contributed by atoms with van der Waals surface area (Å²) < 4.78 is 5.72. The number of rotatable bonds is 1. The monoisotopic (exact) mass is 286 g/mol. The highest BCUT2D eigenvalue weighted by atomic mass is 16.5. The molecule has 0 spiro atoms. The summed E-state index contributed by atoms with van der Waals surface area (Å²) in [6, 6.07) is 7.72. The fraction of sp³-hybridized carbons (Fsp3) is 0.188. The standard InChI is InChI=1S/C16H14O5/c1-8-11(18)6-14-15(16(8)20)12(19)7-13(21-14)9-2-4-10(17)5-3-9/h2-6,13,17-18,20H,7H2,1H3/t13-/m0/s1. The highest BCUT2D eigenvalue weighted by Gasteiger charge is 2.31. The maximum absolute atomic E-state index is 12.2. The van der Waals surface area contributed by atoms with Crippen LogP contribution in [-0.4, -0.2) is 21.1 Å². The molecule has 0 bridgehead atoms. The highest BCUT2D eigenvalue weighted by Crippen LogP contribution is 2.44. The Morgan fingerprint density at radius 2 is 1.81 bits per heavy atom. The predicted octanol–water partition coefficient (Wildman–Crippen LogP) is 2.82. The molecule has 108 valence electrons. The molecule has 0 fully saturated rings. The van der Waals surface area contributed by atoms with Crippen LogP contribution in [0.3, 0.4) is 0 Å². The lowest BCUT2D eigenvalue weighted by atomic mass is 9.94. The summed E-state index contributed by atoms with van der Waals surface area (Å²) in [6.45, 7) is 1.53. The van der Waals surface area contributed by atoms with Gasteiger partial charge in [0.1, 0.15) is 34.7 Å². The van der Waals surface area contributed by atoms with Crippen LogP contribution in [0.15, 0.2) is 30.3 Å². The molecule has 5 heteroatoms. The Balaban J connectivity index is 2.03. The number of fused-ring (bicyclic) bond motifs is 1. The average Bonchev–Trinajstić information content (AvgIpc) is 2.45. The van der Waals surface area contributed by atoms with E-state index in [1.807, 2.05) is 0 Å². The molecule has 0 aromatic heterocycles. The van der Waals surface area contributed by atoms with E-state index in [0.717, 1.165) is 5.56 Å². The van der Waals surface area contributed by atoms with Gasteiger partial charge in [-0.05, 0) is 24.6 Å². The second-order valence-electron chi connectivity index (χ2n) is 5.07. The van der Waals surface area contributed by atoms with Crippen LogP contribution < -0.4 is 4.74 Å². The Labute approximate surface area is 121 Å². The Bertz CT molecular complexity index is 718. The molecule has 5 nitrogen and oxygen atoms in total. The summed E-state index contributed by atoms with van der Waals surface area (Å²) in [7, 11) is 0. The maximum Gasteiger partial charge on any atom is 0.174 e. The molecule has 0 amide bonds. The fourth-order valence-electron chi connectivity index (χ4n) is 2.43. The number of ketones is 1. The third-order valence-electron chi connectivity index (χ3n) is 3.67. The minimum absolute atomic E-state index is 0.0928. The van der Waals surface area contributed by atoms with Crippen molar-refractivity contribution >= 4 is 5.78 Å². The molecule has 3 N–H and O–H groups in total. The van der Waals surface area contributed by atoms with E-state index >= 15 is 0 Å². The van der Waals surface area contributed by atoms with E-state index in [2.05, 4.69) is 0 Å². The van der Waals surface area contributed by atoms with Gasteiger partial charge in [-0.1, -0.05) is 12.1 Å². The van der Waals surface area contributed by atoms with E-state index in [4.69, 9.17) is 4.74 Å². The molecule has 2 aromatic rings. The Morgan fingerprint density at radius 3 is 2.48 bits per heavy atom. The number of Topliss-reactive ketones (excluding diaryl/α,β-unsaturated/α-hetero) is 1. The van der Waals surface area contributed by atoms with Crippen molar-refractivity contribution in [2.24, 2.45) is 0 Å². The van der Waals surface area contributed by atoms with Crippen LogP contribution in [0.5, 0.6) is 23.0 Å². The molecule has 3 rings (SSSR count). The lowest BCUT2D eigenvalue weighted by molar-refractivity contribution is 0.0844. The second-order valence-corrected chi connectivity index (χ2v) is 5.07. The number of phenolic OH excluding ortho intramolecular Hbond substituents is 3. The summed E-state index contributed by atoms with van der Waals surface area (Å²) in [5.74, 6) is -0.295. The van der Waals surface area contributed by atoms with Crippen molar-refractivity contribution < 1.29 is 24.9 Å². The van der Waals surface area contributed by atoms with Gasteiger partial charge in [0.25, 0.3) is 0 Å². The first-order chi connectivity index (χ1) is 9.97. The van der Waals surface area contributed by atoms with Crippen LogP contribution in [0.2, 0.25) is 0 Å². The van der Waals surface area contributed by atoms with Crippen molar-refractivity contribution in [3.8, 4) is 23.0 Å². The zero-order valence-electron chi connectivity index (χ0n) is 11.3. The van der Waals surface area contributed by atoms with Crippen molar-refractivity contribution in [1.82, 2.24) is 0 Å². The van der Waals surface area contributed by atoms with Crippen LogP contribution >= 0.6 is 0 Å². The zero-order chi connectivity index (χ0) is 15.1. The fourth-order valence-corrected chi connectivity index (χ4v) is 2.43. The van der Waals surface area contributed by atoms with E-state index in [-0.39, 0.29) is 46.3 Å². The zero-order valence-corrected chi connectivity index (χ0v) is 11.3. The van der Waals surface area contributed by atoms with Gasteiger partial charge in [0.05, 0.1) is 6.42 Å². The van der Waals surface area contributed by atoms with Crippen LogP contribution in [0.4, 0.5) is 0 Å². The topological polar surface area (TPSA) is 87.0 Å². The van der Waals surface area contributed by atoms with Gasteiger partial charge in [-0.15, -0.1) is 0 Å². The molecule has 1 aliphatic heterocycles. The first-order valence-corrected chi connectivity index (χ1v) is 6.51. The SMILES string of the molecule is Cc1c(O)cc2c(c1O)C(=O)C[C@@H](c1ccc(O)cc1)O2. The minimum atomic E-state index is -0.507. The molecule has 2 aromatic carbocycles. The smallest absolute Gasteiger partial charge is 0.174 e. The number of aromatic hydroxyl groups is 3. The van der Waals surface area contributed by atoms with Crippen molar-refractivity contribution in [2.45, 2.75) is 19.4 Å². The summed E-state index contributed by atoms with van der Waals surface area (Å²) in [5, 5.41) is 29.0. The van der Waals surface area contributed by atoms with Gasteiger partial charge in [-0.2, -0.15) is 0 Å². The molecule has 1 aliphatic rings. The summed E-state index contributed by atoms with van der Waals surface area (Å²) >= 11 is 0. The van der Waals surface area contributed by atoms with Gasteiger partial charge in [0, 0.05) is 11.6 Å². The van der Waals surface area contributed by atoms with Gasteiger partial charge in [-0.3, -0.25) is 4.79 Å². The van der Waals surface area contributed by atoms with Crippen LogP contribution in [0, 0.1) is 6.92 Å². The van der Waals surface area contributed by atoms with Crippen molar-refractivity contribution in [3.63, 3.8) is 0 Å². The maximum atomic E-state index is 12.2. The highest BCUT2D eigenvalue weighted by molar-refractivity contribution is 6.03. The quantitative estimate of drug-likeness (QED) is 0.750. The van der Waals surface area contributed by atoms with Gasteiger partial charge in [-0.25, -0.2) is 0 Å². The molecule has 0 saturated carbocycles. The Morgan fingerprint density at radius 1 is 1.14 bits per heavy atom. The van der Waals surface area contributed by atoms with E-state index in [1.54, 1.807) is 12.1 Å². The molecule has 1 atom stereocenters. The second kappa shape index (κ2) is 4.70. The lowest BCUT2D eigenvalue weighted by Gasteiger charge is -2.26. The largest absolute Gasteiger partial charge is 0.508 e. The first kappa shape index (κ1) is 13.3. The van der Waals surface area contributed by atoms with Gasteiger partial charge < -0.3 is 20.1 Å². The molecule has 21 heavy (non-hydrogen) atoms. The number of hydrogen-bond acceptors (Lipinski definition) is 5. The first-order valence-electron chi connectivity index (χ1n) is 6.51. The van der Waals surface area contributed by atoms with Crippen molar-refractivity contribution in [3.05, 3.63) is 47.0 Å². The number of hydrogen-bond donors (Lipinski definition) is 3. The Kier molecular flexibility index (Phi) is 2.97. The number of phenols is 3. The van der Waals surface area contributed by atoms with E-state index < -0.39 is 6.10 Å². The molecular weight excluding hydrogens is 272 g/mol. The third-order valence-corrected chi connectivity index (χ3v) is 3.67. The van der Waals surface area contributed by atoms with Crippen LogP contribution in [0.25, 0.3) is 0 Å². The molecule has 0 unspecified atom stereocenters. The minimum Gasteiger partial charge on any atom is -0.508 e. The van der Waals surface area contributed by atoms with E-state index in [9.17, 15) is 20.1 Å². The average molecular weight is 286 g/mol. The van der Waals surface area contributed by atoms with E-state index in [1.165, 1.54) is 25.1 Å². The van der Waals surface area contributed by atoms with Gasteiger partial charge in [0.15, 0.2) is 5.78 Å². The van der Waals surface area contributed by atoms with Gasteiger partial charge >= 0.3 is 0 Å². The van der Waals surface area contributed by atoms with Crippen molar-refractivity contribution in [1.29, 1.82) is 0 Å². The summed E-state index contributed by atoms with van der Waals surface area (Å²) in [6.07, 6.45) is -0.415. The molecular formula is C16H14O5. The predicted molar refractivity (Wildman–Crippen MR) is 74.9 cm³/mol. The number of carbonyl (C=O) groups excluding carboxylic acids is 1. The van der Waals surface area contributed by atoms with Gasteiger partial charge in [0.2, 0.25) is 0 Å². The van der Waals surface area contributed by atoms with Crippen LogP contribution in [0.1, 0.15) is 34.0 Å². The normalized spacial score (nSPS) is 17.2. The molecule has 1 heterocycles. The molecule has 0 saturated heterocycles. The summed E-state index contributed by atoms with van der Waals surface area (Å²) in [5.41, 5.74) is 1.11. The molecule has 0 aliphatic carbocycles. The number of carbonyl (C=O) groups is 1.